The molecule has 0 aromatic carbocycles. The van der Waals surface area contributed by atoms with Crippen LogP contribution in [0.25, 0.3) is 0 Å². The lowest BCUT2D eigenvalue weighted by atomic mass is 9.75. The Labute approximate surface area is 148 Å². The lowest BCUT2D eigenvalue weighted by Crippen LogP contribution is -2.41. The standard InChI is InChI=1S/C16H21BrFN3O3/c1-16(5-3-2-4-6-16)15-19-14(20-24-15)13(23)11-7-10(18)9-21(11)12(22)8-17/h10-11H,2-9H2,1H3/t10-,11-/m0/s1. The van der Waals surface area contributed by atoms with Gasteiger partial charge in [-0.2, -0.15) is 4.98 Å². The molecule has 1 aromatic rings. The third kappa shape index (κ3) is 3.25. The average Bonchev–Trinajstić information content (AvgIpc) is 3.21. The first-order chi connectivity index (χ1) is 11.4. The van der Waals surface area contributed by atoms with Crippen LogP contribution in [0.5, 0.6) is 0 Å². The predicted octanol–water partition coefficient (Wildman–Crippen LogP) is 2.81. The fraction of sp³-hybridized carbons (Fsp3) is 0.750. The minimum Gasteiger partial charge on any atom is -0.338 e. The molecule has 1 saturated heterocycles. The summed E-state index contributed by atoms with van der Waals surface area (Å²) in [4.78, 5) is 30.1. The Hall–Kier alpha value is -1.31. The van der Waals surface area contributed by atoms with E-state index in [-0.39, 0.29) is 35.4 Å². The molecule has 0 radical (unpaired) electrons. The minimum absolute atomic E-state index is 0.0152. The third-order valence-electron chi connectivity index (χ3n) is 5.11. The Kier molecular flexibility index (Phi) is 5.03. The molecule has 6 nitrogen and oxygen atoms in total. The van der Waals surface area contributed by atoms with E-state index in [9.17, 15) is 14.0 Å². The number of carbonyl (C=O) groups is 2. The number of carbonyl (C=O) groups excluding carboxylic acids is 2. The van der Waals surface area contributed by atoms with E-state index in [1.165, 1.54) is 11.3 Å². The van der Waals surface area contributed by atoms with Gasteiger partial charge in [-0.05, 0) is 12.8 Å². The van der Waals surface area contributed by atoms with E-state index in [1.54, 1.807) is 0 Å². The third-order valence-corrected chi connectivity index (χ3v) is 5.59. The predicted molar refractivity (Wildman–Crippen MR) is 87.9 cm³/mol. The van der Waals surface area contributed by atoms with Crippen molar-refractivity contribution in [2.24, 2.45) is 0 Å². The molecule has 3 rings (SSSR count). The lowest BCUT2D eigenvalue weighted by molar-refractivity contribution is -0.128. The van der Waals surface area contributed by atoms with E-state index in [0.29, 0.717) is 5.89 Å². The summed E-state index contributed by atoms with van der Waals surface area (Å²) in [6.07, 6.45) is 4.07. The topological polar surface area (TPSA) is 76.3 Å². The largest absolute Gasteiger partial charge is 0.338 e. The molecule has 1 aromatic heterocycles. The van der Waals surface area contributed by atoms with Crippen LogP contribution in [0, 0.1) is 0 Å². The van der Waals surface area contributed by atoms with E-state index < -0.39 is 18.0 Å². The molecule has 2 atom stereocenters. The molecule has 2 fully saturated rings. The van der Waals surface area contributed by atoms with Gasteiger partial charge < -0.3 is 9.42 Å². The normalized spacial score (nSPS) is 26.5. The van der Waals surface area contributed by atoms with E-state index in [4.69, 9.17) is 4.52 Å². The van der Waals surface area contributed by atoms with E-state index in [2.05, 4.69) is 33.0 Å². The molecule has 0 spiro atoms. The van der Waals surface area contributed by atoms with Crippen molar-refractivity contribution in [2.75, 3.05) is 11.9 Å². The Balaban J connectivity index is 1.79. The summed E-state index contributed by atoms with van der Waals surface area (Å²) >= 11 is 3.07. The van der Waals surface area contributed by atoms with Crippen LogP contribution in [0.4, 0.5) is 4.39 Å². The van der Waals surface area contributed by atoms with Crippen LogP contribution in [-0.2, 0) is 10.2 Å². The second-order valence-electron chi connectivity index (χ2n) is 6.94. The molecule has 0 bridgehead atoms. The zero-order valence-electron chi connectivity index (χ0n) is 13.6. The zero-order valence-corrected chi connectivity index (χ0v) is 15.2. The average molecular weight is 402 g/mol. The molecule has 2 aliphatic rings. The first-order valence-corrected chi connectivity index (χ1v) is 9.44. The SMILES string of the molecule is CC1(c2nc(C(=O)[C@@H]3C[C@H](F)CN3C(=O)CBr)no2)CCCCC1. The summed E-state index contributed by atoms with van der Waals surface area (Å²) in [6, 6.07) is -0.852. The van der Waals surface area contributed by atoms with Gasteiger partial charge in [-0.1, -0.05) is 47.3 Å². The highest BCUT2D eigenvalue weighted by Gasteiger charge is 2.42. The molecular formula is C16H21BrFN3O3. The van der Waals surface area contributed by atoms with Gasteiger partial charge in [-0.3, -0.25) is 9.59 Å². The molecule has 24 heavy (non-hydrogen) atoms. The summed E-state index contributed by atoms with van der Waals surface area (Å²) in [6.45, 7) is 2.00. The fourth-order valence-electron chi connectivity index (χ4n) is 3.65. The van der Waals surface area contributed by atoms with E-state index in [0.717, 1.165) is 25.7 Å². The Bertz CT molecular complexity index is 630. The first-order valence-electron chi connectivity index (χ1n) is 8.32. The summed E-state index contributed by atoms with van der Waals surface area (Å²) in [5.41, 5.74) is -0.201. The molecule has 132 valence electrons. The number of Topliss-reactive ketones (excluding diaryl/α,β-unsaturated/α-hetero) is 1. The number of halogens is 2. The Morgan fingerprint density at radius 1 is 1.38 bits per heavy atom. The second-order valence-corrected chi connectivity index (χ2v) is 7.50. The van der Waals surface area contributed by atoms with Crippen LogP contribution in [-0.4, -0.2) is 50.8 Å². The minimum atomic E-state index is -1.20. The van der Waals surface area contributed by atoms with Crippen molar-refractivity contribution in [1.29, 1.82) is 0 Å². The molecule has 1 saturated carbocycles. The molecule has 0 unspecified atom stereocenters. The maximum absolute atomic E-state index is 13.7. The van der Waals surface area contributed by atoms with Gasteiger partial charge >= 0.3 is 0 Å². The number of likely N-dealkylation sites (tertiary alicyclic amines) is 1. The number of nitrogens with zero attached hydrogens (tertiary/aromatic N) is 3. The molecular weight excluding hydrogens is 381 g/mol. The van der Waals surface area contributed by atoms with Gasteiger partial charge in [0.2, 0.25) is 23.4 Å². The molecule has 1 aliphatic carbocycles. The lowest BCUT2D eigenvalue weighted by Gasteiger charge is -2.29. The van der Waals surface area contributed by atoms with Gasteiger partial charge in [0.15, 0.2) is 0 Å². The maximum atomic E-state index is 13.7. The van der Waals surface area contributed by atoms with Gasteiger partial charge in [0, 0.05) is 11.8 Å². The van der Waals surface area contributed by atoms with Crippen LogP contribution in [0.1, 0.15) is 62.0 Å². The molecule has 0 N–H and O–H groups in total. The van der Waals surface area contributed by atoms with Crippen molar-refractivity contribution in [3.05, 3.63) is 11.7 Å². The van der Waals surface area contributed by atoms with Gasteiger partial charge in [-0.15, -0.1) is 0 Å². The summed E-state index contributed by atoms with van der Waals surface area (Å²) < 4.78 is 19.1. The highest BCUT2D eigenvalue weighted by molar-refractivity contribution is 9.09. The van der Waals surface area contributed by atoms with Crippen molar-refractivity contribution in [3.63, 3.8) is 0 Å². The quantitative estimate of drug-likeness (QED) is 0.572. The number of rotatable bonds is 4. The number of hydrogen-bond donors (Lipinski definition) is 0. The van der Waals surface area contributed by atoms with E-state index >= 15 is 0 Å². The van der Waals surface area contributed by atoms with Crippen LogP contribution in [0.3, 0.4) is 0 Å². The van der Waals surface area contributed by atoms with Crippen molar-refractivity contribution in [3.8, 4) is 0 Å². The van der Waals surface area contributed by atoms with Gasteiger partial charge in [-0.25, -0.2) is 4.39 Å². The van der Waals surface area contributed by atoms with Crippen LogP contribution in [0.15, 0.2) is 4.52 Å². The van der Waals surface area contributed by atoms with Crippen LogP contribution in [0.2, 0.25) is 0 Å². The molecule has 8 heteroatoms. The second kappa shape index (κ2) is 6.90. The number of hydrogen-bond acceptors (Lipinski definition) is 5. The number of ketones is 1. The van der Waals surface area contributed by atoms with Gasteiger partial charge in [0.1, 0.15) is 12.2 Å². The monoisotopic (exact) mass is 401 g/mol. The van der Waals surface area contributed by atoms with Gasteiger partial charge in [0.25, 0.3) is 0 Å². The van der Waals surface area contributed by atoms with Crippen LogP contribution >= 0.6 is 15.9 Å². The molecule has 1 aliphatic heterocycles. The van der Waals surface area contributed by atoms with Crippen molar-refractivity contribution in [1.82, 2.24) is 15.0 Å². The fourth-order valence-corrected chi connectivity index (χ4v) is 3.97. The summed E-state index contributed by atoms with van der Waals surface area (Å²) in [5.74, 6) is -0.336. The smallest absolute Gasteiger partial charge is 0.240 e. The zero-order chi connectivity index (χ0) is 17.3. The highest BCUT2D eigenvalue weighted by atomic mass is 79.9. The highest BCUT2D eigenvalue weighted by Crippen LogP contribution is 2.38. The number of amides is 1. The first kappa shape index (κ1) is 17.5. The summed E-state index contributed by atoms with van der Waals surface area (Å²) in [5, 5.41) is 3.87. The van der Waals surface area contributed by atoms with E-state index in [1.807, 2.05) is 0 Å². The number of alkyl halides is 2. The number of aromatic nitrogens is 2. The summed E-state index contributed by atoms with van der Waals surface area (Å²) in [7, 11) is 0. The van der Waals surface area contributed by atoms with Crippen molar-refractivity contribution < 1.29 is 18.5 Å². The van der Waals surface area contributed by atoms with Crippen LogP contribution < -0.4 is 0 Å². The van der Waals surface area contributed by atoms with Crippen molar-refractivity contribution >= 4 is 27.6 Å². The molecule has 2 heterocycles. The Morgan fingerprint density at radius 3 is 2.75 bits per heavy atom. The van der Waals surface area contributed by atoms with Crippen molar-refractivity contribution in [2.45, 2.75) is 63.1 Å². The maximum Gasteiger partial charge on any atom is 0.240 e. The Morgan fingerprint density at radius 2 is 2.08 bits per heavy atom. The molecule has 1 amide bonds. The van der Waals surface area contributed by atoms with Gasteiger partial charge in [0.05, 0.1) is 11.9 Å².